The van der Waals surface area contributed by atoms with Crippen molar-refractivity contribution in [3.05, 3.63) is 59.7 Å². The summed E-state index contributed by atoms with van der Waals surface area (Å²) >= 11 is 0. The average molecular weight is 326 g/mol. The molecule has 2 aromatic carbocycles. The molecular weight excluding hydrogens is 304 g/mol. The molecule has 0 saturated heterocycles. The van der Waals surface area contributed by atoms with Crippen LogP contribution in [0, 0.1) is 0 Å². The molecule has 3 rings (SSSR count). The van der Waals surface area contributed by atoms with Gasteiger partial charge in [0.05, 0.1) is 12.6 Å². The van der Waals surface area contributed by atoms with Gasteiger partial charge in [-0.15, -0.1) is 0 Å². The lowest BCUT2D eigenvalue weighted by atomic mass is 9.98. The number of aliphatic hydroxyl groups excluding tert-OH is 1. The number of carbonyl (C=O) groups excluding carboxylic acids is 1. The summed E-state index contributed by atoms with van der Waals surface area (Å²) in [4.78, 5) is 12.0. The molecule has 3 N–H and O–H groups in total. The van der Waals surface area contributed by atoms with Gasteiger partial charge < -0.3 is 20.5 Å². The number of hydrogen-bond donors (Lipinski definition) is 3. The van der Waals surface area contributed by atoms with Crippen LogP contribution in [0.3, 0.4) is 0 Å². The Morgan fingerprint density at radius 3 is 2.25 bits per heavy atom. The van der Waals surface area contributed by atoms with Crippen LogP contribution in [0.4, 0.5) is 4.79 Å². The van der Waals surface area contributed by atoms with E-state index in [1.807, 2.05) is 24.3 Å². The van der Waals surface area contributed by atoms with Crippen molar-refractivity contribution >= 4 is 6.09 Å². The molecule has 0 radical (unpaired) electrons. The maximum atomic E-state index is 12.0. The molecule has 0 spiro atoms. The van der Waals surface area contributed by atoms with E-state index >= 15 is 0 Å². The van der Waals surface area contributed by atoms with Gasteiger partial charge in [0.15, 0.2) is 0 Å². The Morgan fingerprint density at radius 1 is 1.12 bits per heavy atom. The Morgan fingerprint density at radius 2 is 1.71 bits per heavy atom. The predicted molar refractivity (Wildman–Crippen MR) is 93.0 cm³/mol. The lowest BCUT2D eigenvalue weighted by Gasteiger charge is -2.18. The molecule has 0 aromatic heterocycles. The van der Waals surface area contributed by atoms with E-state index in [1.165, 1.54) is 22.3 Å². The Labute approximate surface area is 141 Å². The van der Waals surface area contributed by atoms with Crippen molar-refractivity contribution in [2.45, 2.75) is 12.0 Å². The van der Waals surface area contributed by atoms with Gasteiger partial charge in [0.1, 0.15) is 6.61 Å². The molecule has 126 valence electrons. The number of aliphatic hydroxyl groups is 1. The fraction of sp³-hybridized carbons (Fsp3) is 0.316. The minimum Gasteiger partial charge on any atom is -0.449 e. The van der Waals surface area contributed by atoms with E-state index in [9.17, 15) is 9.90 Å². The molecule has 0 unspecified atom stereocenters. The van der Waals surface area contributed by atoms with Gasteiger partial charge in [-0.2, -0.15) is 0 Å². The highest BCUT2D eigenvalue weighted by molar-refractivity contribution is 5.79. The van der Waals surface area contributed by atoms with Gasteiger partial charge in [-0.05, 0) is 29.3 Å². The largest absolute Gasteiger partial charge is 0.449 e. The average Bonchev–Trinajstić information content (AvgIpc) is 2.93. The number of alkyl carbamates (subject to hydrolysis) is 1. The van der Waals surface area contributed by atoms with Crippen LogP contribution in [0.5, 0.6) is 0 Å². The summed E-state index contributed by atoms with van der Waals surface area (Å²) in [6.45, 7) is 0.628. The third-order valence-electron chi connectivity index (χ3n) is 4.34. The Balaban J connectivity index is 1.70. The molecule has 0 bridgehead atoms. The maximum absolute atomic E-state index is 12.0. The molecule has 0 aliphatic heterocycles. The van der Waals surface area contributed by atoms with Gasteiger partial charge in [-0.25, -0.2) is 4.79 Å². The van der Waals surface area contributed by atoms with Crippen LogP contribution in [-0.4, -0.2) is 44.0 Å². The molecule has 1 aliphatic carbocycles. The van der Waals surface area contributed by atoms with E-state index < -0.39 is 6.09 Å². The fourth-order valence-electron chi connectivity index (χ4n) is 3.21. The van der Waals surface area contributed by atoms with Crippen LogP contribution in [-0.2, 0) is 4.74 Å². The monoisotopic (exact) mass is 326 g/mol. The van der Waals surface area contributed by atoms with Crippen LogP contribution < -0.4 is 10.6 Å². The smallest absolute Gasteiger partial charge is 0.407 e. The number of rotatable bonds is 6. The van der Waals surface area contributed by atoms with Crippen molar-refractivity contribution in [1.82, 2.24) is 10.6 Å². The third kappa shape index (κ3) is 3.27. The number of carbonyl (C=O) groups is 1. The van der Waals surface area contributed by atoms with E-state index in [0.29, 0.717) is 6.54 Å². The lowest BCUT2D eigenvalue weighted by Crippen LogP contribution is -2.44. The molecule has 0 heterocycles. The first kappa shape index (κ1) is 16.5. The Bertz CT molecular complexity index is 672. The van der Waals surface area contributed by atoms with Crippen molar-refractivity contribution < 1.29 is 14.6 Å². The van der Waals surface area contributed by atoms with Crippen LogP contribution in [0.2, 0.25) is 0 Å². The predicted octanol–water partition coefficient (Wildman–Crippen LogP) is 2.11. The second kappa shape index (κ2) is 7.47. The molecule has 2 aromatic rings. The van der Waals surface area contributed by atoms with Gasteiger partial charge in [-0.3, -0.25) is 0 Å². The molecule has 5 nitrogen and oxygen atoms in total. The van der Waals surface area contributed by atoms with E-state index in [0.717, 1.165) is 0 Å². The van der Waals surface area contributed by atoms with Crippen molar-refractivity contribution in [1.29, 1.82) is 0 Å². The summed E-state index contributed by atoms with van der Waals surface area (Å²) < 4.78 is 5.43. The minimum absolute atomic E-state index is 0.0417. The molecule has 24 heavy (non-hydrogen) atoms. The van der Waals surface area contributed by atoms with E-state index in [4.69, 9.17) is 4.74 Å². The van der Waals surface area contributed by atoms with E-state index in [1.54, 1.807) is 7.05 Å². The first-order chi connectivity index (χ1) is 11.7. The maximum Gasteiger partial charge on any atom is 0.407 e. The summed E-state index contributed by atoms with van der Waals surface area (Å²) in [5.41, 5.74) is 4.76. The summed E-state index contributed by atoms with van der Waals surface area (Å²) in [6.07, 6.45) is -0.508. The molecule has 5 heteroatoms. The first-order valence-corrected chi connectivity index (χ1v) is 8.11. The molecule has 0 fully saturated rings. The number of benzene rings is 2. The Hall–Kier alpha value is -2.37. The zero-order valence-electron chi connectivity index (χ0n) is 13.7. The number of nitrogens with one attached hydrogen (secondary N) is 2. The fourth-order valence-corrected chi connectivity index (χ4v) is 3.21. The number of fused-ring (bicyclic) bond motifs is 3. The molecular formula is C19H22N2O3. The zero-order chi connectivity index (χ0) is 16.9. The third-order valence-corrected chi connectivity index (χ3v) is 4.34. The molecule has 1 amide bonds. The molecule has 1 aliphatic rings. The highest BCUT2D eigenvalue weighted by Crippen LogP contribution is 2.44. The topological polar surface area (TPSA) is 70.6 Å². The highest BCUT2D eigenvalue weighted by Gasteiger charge is 2.29. The summed E-state index contributed by atoms with van der Waals surface area (Å²) in [5, 5.41) is 14.8. The van der Waals surface area contributed by atoms with Gasteiger partial charge in [0, 0.05) is 12.5 Å². The number of amides is 1. The van der Waals surface area contributed by atoms with Crippen molar-refractivity contribution in [3.63, 3.8) is 0 Å². The summed E-state index contributed by atoms with van der Waals surface area (Å²) in [5.74, 6) is 0.0417. The minimum atomic E-state index is -0.508. The van der Waals surface area contributed by atoms with Gasteiger partial charge in [0.2, 0.25) is 0 Å². The van der Waals surface area contributed by atoms with E-state index in [2.05, 4.69) is 34.9 Å². The SMILES string of the molecule is CNC[C@@H](CO)NC(=O)OCC1c2ccccc2-c2ccccc21. The quantitative estimate of drug-likeness (QED) is 0.760. The lowest BCUT2D eigenvalue weighted by molar-refractivity contribution is 0.132. The van der Waals surface area contributed by atoms with Crippen molar-refractivity contribution in [2.24, 2.45) is 0 Å². The van der Waals surface area contributed by atoms with Crippen molar-refractivity contribution in [3.8, 4) is 11.1 Å². The van der Waals surface area contributed by atoms with Gasteiger partial charge in [0.25, 0.3) is 0 Å². The summed E-state index contributed by atoms with van der Waals surface area (Å²) in [7, 11) is 1.77. The second-order valence-corrected chi connectivity index (χ2v) is 5.91. The van der Waals surface area contributed by atoms with Crippen LogP contribution >= 0.6 is 0 Å². The number of likely N-dealkylation sites (N-methyl/N-ethyl adjacent to an activating group) is 1. The summed E-state index contributed by atoms with van der Waals surface area (Å²) in [6, 6.07) is 16.1. The molecule has 0 saturated carbocycles. The second-order valence-electron chi connectivity index (χ2n) is 5.91. The van der Waals surface area contributed by atoms with Gasteiger partial charge >= 0.3 is 6.09 Å². The zero-order valence-corrected chi connectivity index (χ0v) is 13.7. The van der Waals surface area contributed by atoms with Gasteiger partial charge in [-0.1, -0.05) is 48.5 Å². The first-order valence-electron chi connectivity index (χ1n) is 8.11. The normalized spacial score (nSPS) is 13.9. The Kier molecular flexibility index (Phi) is 5.13. The van der Waals surface area contributed by atoms with Crippen LogP contribution in [0.15, 0.2) is 48.5 Å². The highest BCUT2D eigenvalue weighted by atomic mass is 16.5. The van der Waals surface area contributed by atoms with Crippen LogP contribution in [0.25, 0.3) is 11.1 Å². The van der Waals surface area contributed by atoms with E-state index in [-0.39, 0.29) is 25.2 Å². The van der Waals surface area contributed by atoms with Crippen molar-refractivity contribution in [2.75, 3.05) is 26.8 Å². The number of hydrogen-bond acceptors (Lipinski definition) is 4. The number of ether oxygens (including phenoxy) is 1. The van der Waals surface area contributed by atoms with Crippen LogP contribution in [0.1, 0.15) is 17.0 Å². The molecule has 1 atom stereocenters. The standard InChI is InChI=1S/C19H22N2O3/c1-20-10-13(11-22)21-19(23)24-12-18-16-8-4-2-6-14(16)15-7-3-5-9-17(15)18/h2-9,13,18,20,22H,10-12H2,1H3,(H,21,23)/t13-/m0/s1.